The van der Waals surface area contributed by atoms with Crippen LogP contribution in [0.3, 0.4) is 0 Å². The van der Waals surface area contributed by atoms with Crippen LogP contribution in [-0.2, 0) is 14.8 Å². The molecule has 0 unspecified atom stereocenters. The molecule has 150 valence electrons. The van der Waals surface area contributed by atoms with E-state index in [1.807, 2.05) is 14.1 Å². The summed E-state index contributed by atoms with van der Waals surface area (Å²) in [6.07, 6.45) is 2.24. The Labute approximate surface area is 159 Å². The monoisotopic (exact) mass is 398 g/mol. The summed E-state index contributed by atoms with van der Waals surface area (Å²) >= 11 is 0. The number of hydrogen-bond donors (Lipinski definition) is 1. The number of hydrogen-bond acceptors (Lipinski definition) is 6. The average molecular weight is 398 g/mol. The first-order valence-corrected chi connectivity index (χ1v) is 10.4. The Morgan fingerprint density at radius 1 is 1.26 bits per heavy atom. The lowest BCUT2D eigenvalue weighted by molar-refractivity contribution is -0.138. The number of aliphatic carboxylic acids is 1. The maximum atomic E-state index is 12.9. The number of aromatic nitrogens is 1. The van der Waals surface area contributed by atoms with E-state index >= 15 is 0 Å². The van der Waals surface area contributed by atoms with Crippen LogP contribution in [0.25, 0.3) is 0 Å². The van der Waals surface area contributed by atoms with Crippen molar-refractivity contribution in [1.82, 2.24) is 14.2 Å². The van der Waals surface area contributed by atoms with Gasteiger partial charge in [0.15, 0.2) is 0 Å². The highest BCUT2D eigenvalue weighted by atomic mass is 32.2. The molecule has 2 heterocycles. The van der Waals surface area contributed by atoms with Crippen molar-refractivity contribution >= 4 is 27.7 Å². The standard InChI is InChI=1S/C17H26N4O5S/c1-4-27(25,26)20-9-7-14(8-10-20)21(12-16(22)23)17(24)13-5-6-15(18-11-13)19(2)3/h5-6,11,14H,4,7-10,12H2,1-3H3,(H,22,23). The van der Waals surface area contributed by atoms with Crippen molar-refractivity contribution in [2.75, 3.05) is 44.4 Å². The second-order valence-corrected chi connectivity index (χ2v) is 8.91. The highest BCUT2D eigenvalue weighted by molar-refractivity contribution is 7.89. The first kappa shape index (κ1) is 21.1. The van der Waals surface area contributed by atoms with E-state index in [-0.39, 0.29) is 24.9 Å². The molecule has 0 spiro atoms. The molecule has 1 aromatic rings. The van der Waals surface area contributed by atoms with Crippen LogP contribution in [0.15, 0.2) is 18.3 Å². The molecule has 27 heavy (non-hydrogen) atoms. The molecule has 1 fully saturated rings. The third kappa shape index (κ3) is 5.16. The Morgan fingerprint density at radius 2 is 1.89 bits per heavy atom. The Balaban J connectivity index is 2.15. The van der Waals surface area contributed by atoms with Crippen molar-refractivity contribution in [1.29, 1.82) is 0 Å². The third-order valence-electron chi connectivity index (χ3n) is 4.64. The number of carbonyl (C=O) groups is 2. The van der Waals surface area contributed by atoms with Crippen LogP contribution in [0.5, 0.6) is 0 Å². The number of rotatable bonds is 7. The minimum Gasteiger partial charge on any atom is -0.480 e. The summed E-state index contributed by atoms with van der Waals surface area (Å²) in [5, 5.41) is 9.22. The Kier molecular flexibility index (Phi) is 6.77. The van der Waals surface area contributed by atoms with Gasteiger partial charge in [0.1, 0.15) is 12.4 Å². The zero-order valence-corrected chi connectivity index (χ0v) is 16.6. The van der Waals surface area contributed by atoms with E-state index in [2.05, 4.69) is 4.98 Å². The first-order chi connectivity index (χ1) is 12.7. The second-order valence-electron chi connectivity index (χ2n) is 6.66. The van der Waals surface area contributed by atoms with Gasteiger partial charge in [-0.2, -0.15) is 0 Å². The summed E-state index contributed by atoms with van der Waals surface area (Å²) in [5.74, 6) is -0.800. The van der Waals surface area contributed by atoms with Crippen LogP contribution in [0, 0.1) is 0 Å². The number of carbonyl (C=O) groups excluding carboxylic acids is 1. The molecule has 0 saturated carbocycles. The molecule has 0 bridgehead atoms. The molecule has 1 amide bonds. The summed E-state index contributed by atoms with van der Waals surface area (Å²) in [4.78, 5) is 31.5. The van der Waals surface area contributed by atoms with E-state index in [1.165, 1.54) is 15.4 Å². The fourth-order valence-corrected chi connectivity index (χ4v) is 4.20. The molecule has 0 aliphatic carbocycles. The molecular formula is C17H26N4O5S. The number of pyridine rings is 1. The Hall–Kier alpha value is -2.20. The number of anilines is 1. The van der Waals surface area contributed by atoms with E-state index in [4.69, 9.17) is 0 Å². The fraction of sp³-hybridized carbons (Fsp3) is 0.588. The molecule has 1 aliphatic heterocycles. The second kappa shape index (κ2) is 8.66. The molecule has 0 aromatic carbocycles. The quantitative estimate of drug-likeness (QED) is 0.711. The van der Waals surface area contributed by atoms with Gasteiger partial charge in [-0.05, 0) is 31.9 Å². The minimum atomic E-state index is -3.28. The van der Waals surface area contributed by atoms with Crippen molar-refractivity contribution in [3.63, 3.8) is 0 Å². The number of carboxylic acids is 1. The van der Waals surface area contributed by atoms with Gasteiger partial charge in [0.2, 0.25) is 10.0 Å². The van der Waals surface area contributed by atoms with Crippen LogP contribution in [0.4, 0.5) is 5.82 Å². The smallest absolute Gasteiger partial charge is 0.323 e. The number of piperidine rings is 1. The predicted molar refractivity (Wildman–Crippen MR) is 101 cm³/mol. The molecule has 1 aliphatic rings. The van der Waals surface area contributed by atoms with Crippen LogP contribution in [0.1, 0.15) is 30.1 Å². The van der Waals surface area contributed by atoms with E-state index < -0.39 is 28.4 Å². The number of carboxylic acid groups (broad SMARTS) is 1. The highest BCUT2D eigenvalue weighted by Crippen LogP contribution is 2.21. The Bertz CT molecular complexity index is 771. The van der Waals surface area contributed by atoms with E-state index in [1.54, 1.807) is 24.0 Å². The third-order valence-corrected chi connectivity index (χ3v) is 6.52. The van der Waals surface area contributed by atoms with Crippen LogP contribution >= 0.6 is 0 Å². The van der Waals surface area contributed by atoms with Crippen molar-refractivity contribution in [2.24, 2.45) is 0 Å². The molecule has 2 rings (SSSR count). The summed E-state index contributed by atoms with van der Waals surface area (Å²) < 4.78 is 25.4. The number of nitrogens with zero attached hydrogens (tertiary/aromatic N) is 4. The topological polar surface area (TPSA) is 111 Å². The Morgan fingerprint density at radius 3 is 2.33 bits per heavy atom. The minimum absolute atomic E-state index is 0.0271. The lowest BCUT2D eigenvalue weighted by Crippen LogP contribution is -2.50. The first-order valence-electron chi connectivity index (χ1n) is 8.79. The molecular weight excluding hydrogens is 372 g/mol. The molecule has 0 atom stereocenters. The van der Waals surface area contributed by atoms with Gasteiger partial charge >= 0.3 is 5.97 Å². The summed E-state index contributed by atoms with van der Waals surface area (Å²) in [5.41, 5.74) is 0.311. The van der Waals surface area contributed by atoms with Gasteiger partial charge in [0.05, 0.1) is 11.3 Å². The summed E-state index contributed by atoms with van der Waals surface area (Å²) in [6.45, 7) is 1.72. The number of amides is 1. The van der Waals surface area contributed by atoms with Gasteiger partial charge < -0.3 is 14.9 Å². The average Bonchev–Trinajstić information content (AvgIpc) is 2.65. The molecule has 1 aromatic heterocycles. The van der Waals surface area contributed by atoms with E-state index in [0.29, 0.717) is 24.2 Å². The molecule has 1 saturated heterocycles. The normalized spacial score (nSPS) is 16.1. The van der Waals surface area contributed by atoms with Gasteiger partial charge in [-0.15, -0.1) is 0 Å². The van der Waals surface area contributed by atoms with E-state index in [0.717, 1.165) is 0 Å². The molecule has 10 heteroatoms. The SMILES string of the molecule is CCS(=O)(=O)N1CCC(N(CC(=O)O)C(=O)c2ccc(N(C)C)nc2)CC1. The summed E-state index contributed by atoms with van der Waals surface area (Å²) in [6, 6.07) is 2.99. The number of sulfonamides is 1. The van der Waals surface area contributed by atoms with Crippen molar-refractivity contribution in [3.05, 3.63) is 23.9 Å². The predicted octanol–water partition coefficient (Wildman–Crippen LogP) is 0.489. The molecule has 9 nitrogen and oxygen atoms in total. The van der Waals surface area contributed by atoms with Gasteiger partial charge in [0.25, 0.3) is 5.91 Å². The van der Waals surface area contributed by atoms with Crippen LogP contribution < -0.4 is 4.90 Å². The van der Waals surface area contributed by atoms with Crippen molar-refractivity contribution in [3.8, 4) is 0 Å². The lowest BCUT2D eigenvalue weighted by Gasteiger charge is -2.37. The zero-order valence-electron chi connectivity index (χ0n) is 15.8. The largest absolute Gasteiger partial charge is 0.480 e. The summed E-state index contributed by atoms with van der Waals surface area (Å²) in [7, 11) is 0.384. The maximum absolute atomic E-state index is 12.9. The zero-order chi connectivity index (χ0) is 20.2. The van der Waals surface area contributed by atoms with Crippen molar-refractivity contribution < 1.29 is 23.1 Å². The van der Waals surface area contributed by atoms with Gasteiger partial charge in [-0.3, -0.25) is 9.59 Å². The molecule has 0 radical (unpaired) electrons. The van der Waals surface area contributed by atoms with Gasteiger partial charge in [-0.1, -0.05) is 0 Å². The van der Waals surface area contributed by atoms with Gasteiger partial charge in [-0.25, -0.2) is 17.7 Å². The van der Waals surface area contributed by atoms with Crippen LogP contribution in [0.2, 0.25) is 0 Å². The van der Waals surface area contributed by atoms with Gasteiger partial charge in [0, 0.05) is 39.4 Å². The lowest BCUT2D eigenvalue weighted by atomic mass is 10.0. The van der Waals surface area contributed by atoms with Crippen LogP contribution in [-0.4, -0.2) is 85.1 Å². The maximum Gasteiger partial charge on any atom is 0.323 e. The van der Waals surface area contributed by atoms with E-state index in [9.17, 15) is 23.1 Å². The highest BCUT2D eigenvalue weighted by Gasteiger charge is 2.33. The molecule has 1 N–H and O–H groups in total. The fourth-order valence-electron chi connectivity index (χ4n) is 3.07. The van der Waals surface area contributed by atoms with Crippen molar-refractivity contribution in [2.45, 2.75) is 25.8 Å².